The van der Waals surface area contributed by atoms with E-state index in [1.807, 2.05) is 12.2 Å². The van der Waals surface area contributed by atoms with E-state index in [1.54, 1.807) is 37.6 Å². The molecule has 11 heteroatoms. The molecule has 4 aromatic rings. The van der Waals surface area contributed by atoms with Crippen molar-refractivity contribution < 1.29 is 22.4 Å². The summed E-state index contributed by atoms with van der Waals surface area (Å²) in [6, 6.07) is 12.3. The second-order valence-corrected chi connectivity index (χ2v) is 7.77. The molecule has 0 saturated carbocycles. The van der Waals surface area contributed by atoms with Crippen LogP contribution in [0.2, 0.25) is 0 Å². The number of alkyl halides is 3. The molecule has 7 nitrogen and oxygen atoms in total. The van der Waals surface area contributed by atoms with Crippen LogP contribution in [0.15, 0.2) is 60.9 Å². The lowest BCUT2D eigenvalue weighted by Crippen LogP contribution is -2.33. The molecule has 2 aromatic heterocycles. The van der Waals surface area contributed by atoms with Crippen LogP contribution in [0.1, 0.15) is 15.9 Å². The zero-order valence-corrected chi connectivity index (χ0v) is 18.7. The number of hydrogen-bond acceptors (Lipinski definition) is 5. The summed E-state index contributed by atoms with van der Waals surface area (Å²) >= 11 is 0. The van der Waals surface area contributed by atoms with Crippen molar-refractivity contribution in [2.45, 2.75) is 13.1 Å². The normalized spacial score (nSPS) is 11.4. The summed E-state index contributed by atoms with van der Waals surface area (Å²) in [5.74, 6) is -0.579. The minimum Gasteiger partial charge on any atom is -0.343 e. The van der Waals surface area contributed by atoms with E-state index in [2.05, 4.69) is 20.4 Å². The number of nitrogens with zero attached hydrogens (tertiary/aromatic N) is 4. The fourth-order valence-electron chi connectivity index (χ4n) is 3.38. The van der Waals surface area contributed by atoms with E-state index in [4.69, 9.17) is 0 Å². The van der Waals surface area contributed by atoms with E-state index in [1.165, 1.54) is 35.0 Å². The third-order valence-electron chi connectivity index (χ3n) is 5.15. The highest BCUT2D eigenvalue weighted by Gasteiger charge is 2.27. The average Bonchev–Trinajstić information content (AvgIpc) is 3.18. The van der Waals surface area contributed by atoms with Gasteiger partial charge in [0.2, 0.25) is 5.95 Å². The van der Waals surface area contributed by atoms with E-state index in [9.17, 15) is 22.4 Å². The van der Waals surface area contributed by atoms with Gasteiger partial charge in [0.15, 0.2) is 5.82 Å². The molecule has 4 rings (SSSR count). The lowest BCUT2D eigenvalue weighted by molar-refractivity contribution is -0.123. The van der Waals surface area contributed by atoms with Crippen LogP contribution >= 0.6 is 0 Å². The molecule has 2 heterocycles. The Morgan fingerprint density at radius 3 is 2.46 bits per heavy atom. The minimum atomic E-state index is -4.49. The molecule has 2 N–H and O–H groups in total. The van der Waals surface area contributed by atoms with Gasteiger partial charge in [0.05, 0.1) is 0 Å². The van der Waals surface area contributed by atoms with Crippen molar-refractivity contribution in [2.24, 2.45) is 7.05 Å². The molecule has 0 saturated heterocycles. The van der Waals surface area contributed by atoms with Crippen molar-refractivity contribution in [3.63, 3.8) is 0 Å². The second kappa shape index (κ2) is 9.53. The number of pyridine rings is 1. The topological polar surface area (TPSA) is 84.7 Å². The van der Waals surface area contributed by atoms with Crippen LogP contribution in [0.4, 0.5) is 29.2 Å². The maximum absolute atomic E-state index is 14.8. The molecule has 0 fully saturated rings. The van der Waals surface area contributed by atoms with Gasteiger partial charge in [-0.05, 0) is 54.4 Å². The van der Waals surface area contributed by atoms with Gasteiger partial charge in [-0.1, -0.05) is 12.1 Å². The molecule has 1 amide bonds. The highest BCUT2D eigenvalue weighted by Crippen LogP contribution is 2.29. The Bertz CT molecular complexity index is 1370. The van der Waals surface area contributed by atoms with Gasteiger partial charge in [-0.15, -0.1) is 5.10 Å². The summed E-state index contributed by atoms with van der Waals surface area (Å²) in [7, 11) is 1.66. The molecule has 0 spiro atoms. The Balaban J connectivity index is 1.49. The second-order valence-electron chi connectivity index (χ2n) is 7.77. The number of amides is 1. The first-order valence-electron chi connectivity index (χ1n) is 10.4. The van der Waals surface area contributed by atoms with Crippen molar-refractivity contribution in [3.05, 3.63) is 77.9 Å². The average molecular weight is 484 g/mol. The van der Waals surface area contributed by atoms with Gasteiger partial charge in [0, 0.05) is 41.8 Å². The van der Waals surface area contributed by atoms with Crippen LogP contribution < -0.4 is 10.6 Å². The van der Waals surface area contributed by atoms with Crippen molar-refractivity contribution in [3.8, 4) is 22.5 Å². The number of aryl methyl sites for hydroxylation is 2. The van der Waals surface area contributed by atoms with Crippen molar-refractivity contribution in [1.82, 2.24) is 25.1 Å². The maximum Gasteiger partial charge on any atom is 0.405 e. The number of anilines is 2. The fraction of sp³-hybridized carbons (Fsp3) is 0.167. The van der Waals surface area contributed by atoms with E-state index in [0.717, 1.165) is 11.1 Å². The monoisotopic (exact) mass is 484 g/mol. The largest absolute Gasteiger partial charge is 0.405 e. The number of aromatic nitrogens is 4. The fourth-order valence-corrected chi connectivity index (χ4v) is 3.38. The molecule has 0 bridgehead atoms. The number of rotatable bonds is 6. The third-order valence-corrected chi connectivity index (χ3v) is 5.15. The molecule has 180 valence electrons. The maximum atomic E-state index is 14.8. The summed E-state index contributed by atoms with van der Waals surface area (Å²) in [5.41, 5.74) is 3.16. The van der Waals surface area contributed by atoms with Crippen LogP contribution in [-0.2, 0) is 7.05 Å². The summed E-state index contributed by atoms with van der Waals surface area (Å²) in [6.45, 7) is 0.449. The summed E-state index contributed by atoms with van der Waals surface area (Å²) < 4.78 is 53.1. The quantitative estimate of drug-likeness (QED) is 0.375. The zero-order chi connectivity index (χ0) is 25.2. The van der Waals surface area contributed by atoms with Crippen LogP contribution in [-0.4, -0.2) is 38.4 Å². The molecule has 0 aliphatic carbocycles. The molecule has 2 aromatic carbocycles. The van der Waals surface area contributed by atoms with Gasteiger partial charge < -0.3 is 10.6 Å². The van der Waals surface area contributed by atoms with Gasteiger partial charge in [-0.25, -0.2) is 9.07 Å². The molecule has 0 aliphatic heterocycles. The molecule has 0 atom stereocenters. The summed E-state index contributed by atoms with van der Waals surface area (Å²) in [4.78, 5) is 20.3. The van der Waals surface area contributed by atoms with Crippen LogP contribution in [0.25, 0.3) is 22.5 Å². The smallest absolute Gasteiger partial charge is 0.343 e. The zero-order valence-electron chi connectivity index (χ0n) is 18.7. The van der Waals surface area contributed by atoms with Crippen LogP contribution in [0, 0.1) is 12.7 Å². The first kappa shape index (κ1) is 23.9. The van der Waals surface area contributed by atoms with Crippen molar-refractivity contribution >= 4 is 17.5 Å². The third kappa shape index (κ3) is 5.62. The number of halogens is 4. The van der Waals surface area contributed by atoms with E-state index in [0.29, 0.717) is 28.6 Å². The molecular weight excluding hydrogens is 464 g/mol. The number of carbonyl (C=O) groups is 1. The van der Waals surface area contributed by atoms with Gasteiger partial charge in [0.1, 0.15) is 12.4 Å². The number of carbonyl (C=O) groups excluding carboxylic acids is 1. The predicted octanol–water partition coefficient (Wildman–Crippen LogP) is 5.03. The lowest BCUT2D eigenvalue weighted by atomic mass is 10.0. The van der Waals surface area contributed by atoms with E-state index in [-0.39, 0.29) is 5.56 Å². The first-order chi connectivity index (χ1) is 16.6. The van der Waals surface area contributed by atoms with E-state index >= 15 is 0 Å². The molecule has 0 aliphatic rings. The lowest BCUT2D eigenvalue weighted by Gasteiger charge is -2.09. The van der Waals surface area contributed by atoms with Gasteiger partial charge in [0.25, 0.3) is 5.91 Å². The SMILES string of the molecule is Cc1cnccc1-c1ccc(Nc2nc(-c3ccc(C(=O)NCC(F)(F)F)cc3)nn2C)cc1F. The van der Waals surface area contributed by atoms with Gasteiger partial charge in [-0.3, -0.25) is 9.78 Å². The van der Waals surface area contributed by atoms with Crippen LogP contribution in [0.5, 0.6) is 0 Å². The van der Waals surface area contributed by atoms with E-state index < -0.39 is 24.4 Å². The van der Waals surface area contributed by atoms with Crippen LogP contribution in [0.3, 0.4) is 0 Å². The molecule has 0 radical (unpaired) electrons. The highest BCUT2D eigenvalue weighted by molar-refractivity contribution is 5.94. The molecular formula is C24H20F4N6O. The van der Waals surface area contributed by atoms with Gasteiger partial charge >= 0.3 is 6.18 Å². The van der Waals surface area contributed by atoms with Crippen molar-refractivity contribution in [2.75, 3.05) is 11.9 Å². The number of benzene rings is 2. The van der Waals surface area contributed by atoms with Gasteiger partial charge in [-0.2, -0.15) is 18.2 Å². The summed E-state index contributed by atoms with van der Waals surface area (Å²) in [5, 5.41) is 9.15. The molecule has 35 heavy (non-hydrogen) atoms. The number of nitrogens with one attached hydrogen (secondary N) is 2. The minimum absolute atomic E-state index is 0.0762. The Morgan fingerprint density at radius 2 is 1.80 bits per heavy atom. The first-order valence-corrected chi connectivity index (χ1v) is 10.4. The summed E-state index contributed by atoms with van der Waals surface area (Å²) in [6.07, 6.45) is -1.21. The Kier molecular flexibility index (Phi) is 6.50. The highest BCUT2D eigenvalue weighted by atomic mass is 19.4. The van der Waals surface area contributed by atoms with Crippen molar-refractivity contribution in [1.29, 1.82) is 0 Å². The predicted molar refractivity (Wildman–Crippen MR) is 122 cm³/mol. The standard InChI is InChI=1S/C24H20F4N6O/c1-14-12-29-10-9-18(14)19-8-7-17(11-20(19)25)31-23-32-21(33-34(23)2)15-3-5-16(6-4-15)22(35)30-13-24(26,27)28/h3-12H,13H2,1-2H3,(H,30,35)(H,31,32,33). The number of hydrogen-bond donors (Lipinski definition) is 2. The Morgan fingerprint density at radius 1 is 1.06 bits per heavy atom. The Hall–Kier alpha value is -4.28. The molecule has 0 unspecified atom stereocenters. The Labute approximate surface area is 197 Å².